The van der Waals surface area contributed by atoms with E-state index in [1.807, 2.05) is 19.2 Å². The smallest absolute Gasteiger partial charge is 0.228 e. The Morgan fingerprint density at radius 3 is 2.70 bits per heavy atom. The Morgan fingerprint density at radius 2 is 1.95 bits per heavy atom. The molecule has 2 atom stereocenters. The molecule has 1 heterocycles. The van der Waals surface area contributed by atoms with Gasteiger partial charge < -0.3 is 10.2 Å². The van der Waals surface area contributed by atoms with Crippen molar-refractivity contribution in [2.45, 2.75) is 51.1 Å². The third-order valence-electron chi connectivity index (χ3n) is 5.00. The zero-order valence-corrected chi connectivity index (χ0v) is 12.4. The lowest BCUT2D eigenvalue weighted by atomic mass is 9.92. The molecule has 3 heteroatoms. The number of anilines is 1. The number of hydrogen-bond acceptors (Lipinski definition) is 2. The highest BCUT2D eigenvalue weighted by Gasteiger charge is 2.31. The third kappa shape index (κ3) is 2.47. The predicted octanol–water partition coefficient (Wildman–Crippen LogP) is 3.26. The van der Waals surface area contributed by atoms with Crippen LogP contribution in [-0.2, 0) is 4.79 Å². The van der Waals surface area contributed by atoms with Crippen LogP contribution >= 0.6 is 0 Å². The number of benzene rings is 1. The molecule has 3 nitrogen and oxygen atoms in total. The first-order chi connectivity index (χ1) is 9.66. The number of hydrogen-bond donors (Lipinski definition) is 1. The van der Waals surface area contributed by atoms with Gasteiger partial charge in [0, 0.05) is 31.2 Å². The van der Waals surface area contributed by atoms with Gasteiger partial charge in [0.15, 0.2) is 0 Å². The van der Waals surface area contributed by atoms with Gasteiger partial charge in [-0.15, -0.1) is 0 Å². The second kappa shape index (κ2) is 5.57. The van der Waals surface area contributed by atoms with Gasteiger partial charge in [-0.1, -0.05) is 31.0 Å². The minimum atomic E-state index is 0.172. The first kappa shape index (κ1) is 13.6. The number of amides is 1. The van der Waals surface area contributed by atoms with Crippen LogP contribution in [0.3, 0.4) is 0 Å². The summed E-state index contributed by atoms with van der Waals surface area (Å²) in [5.41, 5.74) is 2.32. The number of nitrogens with one attached hydrogen (secondary N) is 1. The van der Waals surface area contributed by atoms with Crippen LogP contribution in [0.2, 0.25) is 0 Å². The summed E-state index contributed by atoms with van der Waals surface area (Å²) in [6, 6.07) is 8.93. The number of carbonyl (C=O) groups excluding carboxylic acids is 1. The highest BCUT2D eigenvalue weighted by Crippen LogP contribution is 2.35. The molecule has 1 aromatic carbocycles. The molecule has 1 aromatic rings. The van der Waals surface area contributed by atoms with Gasteiger partial charge in [-0.2, -0.15) is 0 Å². The van der Waals surface area contributed by atoms with E-state index in [1.54, 1.807) is 4.90 Å². The molecule has 2 aliphatic rings. The number of nitrogens with zero attached hydrogens (tertiary/aromatic N) is 1. The second-order valence-corrected chi connectivity index (χ2v) is 6.27. The molecule has 1 fully saturated rings. The van der Waals surface area contributed by atoms with E-state index in [-0.39, 0.29) is 11.9 Å². The van der Waals surface area contributed by atoms with Crippen LogP contribution in [0.15, 0.2) is 24.3 Å². The summed E-state index contributed by atoms with van der Waals surface area (Å²) in [5, 5.41) is 3.72. The molecule has 0 aromatic heterocycles. The average molecular weight is 272 g/mol. The van der Waals surface area contributed by atoms with Crippen molar-refractivity contribution >= 4 is 11.6 Å². The molecule has 108 valence electrons. The fraction of sp³-hybridized carbons (Fsp3) is 0.588. The Bertz CT molecular complexity index is 494. The van der Waals surface area contributed by atoms with Gasteiger partial charge in [0.1, 0.15) is 0 Å². The van der Waals surface area contributed by atoms with Gasteiger partial charge in [-0.05, 0) is 37.3 Å². The van der Waals surface area contributed by atoms with E-state index >= 15 is 0 Å². The van der Waals surface area contributed by atoms with E-state index in [0.717, 1.165) is 11.6 Å². The SMILES string of the molecule is C[C@@H](NC1CC(=O)N(C)c2ccccc21)C1CCCC1. The van der Waals surface area contributed by atoms with Gasteiger partial charge in [-0.3, -0.25) is 4.79 Å². The Kier molecular flexibility index (Phi) is 3.79. The highest BCUT2D eigenvalue weighted by molar-refractivity contribution is 5.96. The zero-order chi connectivity index (χ0) is 14.1. The topological polar surface area (TPSA) is 32.3 Å². The average Bonchev–Trinajstić information content (AvgIpc) is 2.99. The van der Waals surface area contributed by atoms with Crippen LogP contribution in [0.5, 0.6) is 0 Å². The van der Waals surface area contributed by atoms with Crippen LogP contribution in [0.25, 0.3) is 0 Å². The standard InChI is InChI=1S/C17H24N2O/c1-12(13-7-3-4-8-13)18-15-11-17(20)19(2)16-10-6-5-9-14(15)16/h5-6,9-10,12-13,15,18H,3-4,7-8,11H2,1-2H3/t12-,15?/m1/s1. The van der Waals surface area contributed by atoms with Crippen LogP contribution in [0.4, 0.5) is 5.69 Å². The monoisotopic (exact) mass is 272 g/mol. The van der Waals surface area contributed by atoms with Crippen molar-refractivity contribution in [1.29, 1.82) is 0 Å². The fourth-order valence-electron chi connectivity index (χ4n) is 3.70. The molecule has 1 N–H and O–H groups in total. The number of rotatable bonds is 3. The van der Waals surface area contributed by atoms with Gasteiger partial charge in [-0.25, -0.2) is 0 Å². The molecule has 1 aliphatic carbocycles. The predicted molar refractivity (Wildman–Crippen MR) is 81.8 cm³/mol. The molecule has 1 saturated carbocycles. The van der Waals surface area contributed by atoms with Crippen LogP contribution in [-0.4, -0.2) is 19.0 Å². The molecule has 0 spiro atoms. The summed E-state index contributed by atoms with van der Waals surface area (Å²) in [7, 11) is 1.87. The Labute approximate surface area is 121 Å². The molecule has 0 bridgehead atoms. The van der Waals surface area contributed by atoms with E-state index in [4.69, 9.17) is 0 Å². The first-order valence-electron chi connectivity index (χ1n) is 7.78. The first-order valence-corrected chi connectivity index (χ1v) is 7.78. The number of fused-ring (bicyclic) bond motifs is 1. The summed E-state index contributed by atoms with van der Waals surface area (Å²) in [6.07, 6.45) is 5.95. The summed E-state index contributed by atoms with van der Waals surface area (Å²) < 4.78 is 0. The van der Waals surface area contributed by atoms with Crippen LogP contribution < -0.4 is 10.2 Å². The number of carbonyl (C=O) groups is 1. The Balaban J connectivity index is 1.79. The van der Waals surface area contributed by atoms with Gasteiger partial charge >= 0.3 is 0 Å². The third-order valence-corrected chi connectivity index (χ3v) is 5.00. The van der Waals surface area contributed by atoms with Crippen LogP contribution in [0.1, 0.15) is 50.6 Å². The molecule has 0 saturated heterocycles. The van der Waals surface area contributed by atoms with Crippen molar-refractivity contribution in [3.63, 3.8) is 0 Å². The number of para-hydroxylation sites is 1. The van der Waals surface area contributed by atoms with Crippen LogP contribution in [0, 0.1) is 5.92 Å². The minimum Gasteiger partial charge on any atom is -0.315 e. The van der Waals surface area contributed by atoms with Gasteiger partial charge in [0.2, 0.25) is 5.91 Å². The summed E-state index contributed by atoms with van der Waals surface area (Å²) in [4.78, 5) is 13.9. The minimum absolute atomic E-state index is 0.172. The molecule has 20 heavy (non-hydrogen) atoms. The molecule has 3 rings (SSSR count). The van der Waals surface area contributed by atoms with E-state index < -0.39 is 0 Å². The van der Waals surface area contributed by atoms with Crippen molar-refractivity contribution in [1.82, 2.24) is 5.32 Å². The van der Waals surface area contributed by atoms with Crippen molar-refractivity contribution < 1.29 is 4.79 Å². The maximum absolute atomic E-state index is 12.2. The molecule has 0 radical (unpaired) electrons. The van der Waals surface area contributed by atoms with Crippen molar-refractivity contribution in [2.24, 2.45) is 5.92 Å². The maximum atomic E-state index is 12.2. The summed E-state index contributed by atoms with van der Waals surface area (Å²) in [5.74, 6) is 0.983. The quantitative estimate of drug-likeness (QED) is 0.916. The lowest BCUT2D eigenvalue weighted by molar-refractivity contribution is -0.119. The molecular weight excluding hydrogens is 248 g/mol. The largest absolute Gasteiger partial charge is 0.315 e. The molecule has 1 aliphatic heterocycles. The maximum Gasteiger partial charge on any atom is 0.228 e. The van der Waals surface area contributed by atoms with Gasteiger partial charge in [0.05, 0.1) is 0 Å². The van der Waals surface area contributed by atoms with E-state index in [0.29, 0.717) is 12.5 Å². The van der Waals surface area contributed by atoms with Gasteiger partial charge in [0.25, 0.3) is 0 Å². The van der Waals surface area contributed by atoms with E-state index in [2.05, 4.69) is 24.4 Å². The van der Waals surface area contributed by atoms with Crippen molar-refractivity contribution in [3.8, 4) is 0 Å². The van der Waals surface area contributed by atoms with Crippen molar-refractivity contribution in [3.05, 3.63) is 29.8 Å². The molecule has 1 amide bonds. The highest BCUT2D eigenvalue weighted by atomic mass is 16.2. The second-order valence-electron chi connectivity index (χ2n) is 6.27. The van der Waals surface area contributed by atoms with Crippen molar-refractivity contribution in [2.75, 3.05) is 11.9 Å². The lowest BCUT2D eigenvalue weighted by Gasteiger charge is -2.35. The van der Waals surface area contributed by atoms with E-state index in [9.17, 15) is 4.79 Å². The summed E-state index contributed by atoms with van der Waals surface area (Å²) in [6.45, 7) is 2.28. The Morgan fingerprint density at radius 1 is 1.25 bits per heavy atom. The fourth-order valence-corrected chi connectivity index (χ4v) is 3.70. The zero-order valence-electron chi connectivity index (χ0n) is 12.4. The van der Waals surface area contributed by atoms with E-state index in [1.165, 1.54) is 31.2 Å². The Hall–Kier alpha value is -1.35. The lowest BCUT2D eigenvalue weighted by Crippen LogP contribution is -2.42. The normalized spacial score (nSPS) is 24.8. The molecular formula is C17H24N2O. The summed E-state index contributed by atoms with van der Waals surface area (Å²) >= 11 is 0. The molecule has 1 unspecified atom stereocenters.